The maximum atomic E-state index is 13.6. The fraction of sp³-hybridized carbons (Fsp3) is 0.895. The van der Waals surface area contributed by atoms with Crippen molar-refractivity contribution in [2.45, 2.75) is 40.0 Å². The number of ether oxygens (including phenoxy) is 5. The number of Topliss-reactive ketones (excluding diaryl/α,β-unsaturated/α-hetero) is 1. The highest BCUT2D eigenvalue weighted by molar-refractivity contribution is 5.81. The number of ketones is 1. The molecule has 8 nitrogen and oxygen atoms in total. The number of amides is 1. The molecule has 2 unspecified atom stereocenters. The molecule has 0 aromatic heterocycles. The summed E-state index contributed by atoms with van der Waals surface area (Å²) in [6.07, 6.45) is -1.87. The van der Waals surface area contributed by atoms with Crippen molar-refractivity contribution in [3.63, 3.8) is 0 Å². The average Bonchev–Trinajstić information content (AvgIpc) is 2.65. The smallest absolute Gasteiger partial charge is 0.216 e. The molecule has 0 spiro atoms. The molecular formula is C19H36FNO7. The molecule has 2 atom stereocenters. The minimum absolute atomic E-state index is 0.0119. The number of carbonyl (C=O) groups is 2. The van der Waals surface area contributed by atoms with E-state index in [2.05, 4.69) is 5.32 Å². The van der Waals surface area contributed by atoms with Gasteiger partial charge in [0.25, 0.3) is 0 Å². The summed E-state index contributed by atoms with van der Waals surface area (Å²) in [6.45, 7) is 9.80. The van der Waals surface area contributed by atoms with Gasteiger partial charge in [0.15, 0.2) is 5.78 Å². The van der Waals surface area contributed by atoms with Gasteiger partial charge in [0, 0.05) is 12.8 Å². The van der Waals surface area contributed by atoms with Crippen molar-refractivity contribution in [2.24, 2.45) is 5.92 Å². The predicted molar refractivity (Wildman–Crippen MR) is 102 cm³/mol. The summed E-state index contributed by atoms with van der Waals surface area (Å²) in [6, 6.07) is 0. The predicted octanol–water partition coefficient (Wildman–Crippen LogP) is 1.16. The SMILES string of the molecule is CC(=O)NCC(F)C(C)OCCOCCOCCOCCOCC(=O)C(C)C. The first-order valence-electron chi connectivity index (χ1n) is 9.68. The van der Waals surface area contributed by atoms with Crippen molar-refractivity contribution in [2.75, 3.05) is 66.0 Å². The Morgan fingerprint density at radius 3 is 1.75 bits per heavy atom. The van der Waals surface area contributed by atoms with Gasteiger partial charge in [-0.25, -0.2) is 4.39 Å². The van der Waals surface area contributed by atoms with Crippen molar-refractivity contribution >= 4 is 11.7 Å². The fourth-order valence-electron chi connectivity index (χ4n) is 1.80. The highest BCUT2D eigenvalue weighted by atomic mass is 19.1. The molecule has 0 aromatic carbocycles. The Labute approximate surface area is 167 Å². The molecule has 9 heteroatoms. The van der Waals surface area contributed by atoms with Crippen LogP contribution in [0, 0.1) is 5.92 Å². The van der Waals surface area contributed by atoms with Crippen LogP contribution in [0.2, 0.25) is 0 Å². The Morgan fingerprint density at radius 1 is 0.821 bits per heavy atom. The van der Waals surface area contributed by atoms with Crippen LogP contribution < -0.4 is 5.32 Å². The molecule has 1 amide bonds. The summed E-state index contributed by atoms with van der Waals surface area (Å²) in [7, 11) is 0. The molecule has 166 valence electrons. The van der Waals surface area contributed by atoms with Gasteiger partial charge in [-0.1, -0.05) is 13.8 Å². The highest BCUT2D eigenvalue weighted by Crippen LogP contribution is 2.02. The molecule has 0 aliphatic rings. The van der Waals surface area contributed by atoms with E-state index in [0.717, 1.165) is 0 Å². The normalized spacial score (nSPS) is 13.5. The van der Waals surface area contributed by atoms with E-state index in [9.17, 15) is 14.0 Å². The Balaban J connectivity index is 3.29. The van der Waals surface area contributed by atoms with Crippen molar-refractivity contribution < 1.29 is 37.7 Å². The largest absolute Gasteiger partial charge is 0.377 e. The maximum Gasteiger partial charge on any atom is 0.216 e. The van der Waals surface area contributed by atoms with Gasteiger partial charge in [-0.05, 0) is 6.92 Å². The maximum absolute atomic E-state index is 13.6. The average molecular weight is 409 g/mol. The third-order valence-electron chi connectivity index (χ3n) is 3.67. The number of nitrogens with one attached hydrogen (secondary N) is 1. The van der Waals surface area contributed by atoms with Crippen molar-refractivity contribution in [1.82, 2.24) is 5.32 Å². The zero-order valence-electron chi connectivity index (χ0n) is 17.5. The topological polar surface area (TPSA) is 92.3 Å². The van der Waals surface area contributed by atoms with Gasteiger partial charge in [-0.3, -0.25) is 9.59 Å². The van der Waals surface area contributed by atoms with Gasteiger partial charge >= 0.3 is 0 Å². The molecule has 0 heterocycles. The Bertz CT molecular complexity index is 410. The van der Waals surface area contributed by atoms with Crippen molar-refractivity contribution in [3.05, 3.63) is 0 Å². The number of hydrogen-bond donors (Lipinski definition) is 1. The lowest BCUT2D eigenvalue weighted by Gasteiger charge is -2.17. The molecular weight excluding hydrogens is 373 g/mol. The molecule has 0 aliphatic heterocycles. The Kier molecular flexibility index (Phi) is 17.2. The molecule has 0 saturated carbocycles. The van der Waals surface area contributed by atoms with Gasteiger partial charge in [0.05, 0.1) is 65.5 Å². The van der Waals surface area contributed by atoms with Crippen molar-refractivity contribution in [3.8, 4) is 0 Å². The standard InChI is InChI=1S/C19H36FNO7/c1-15(2)19(23)14-27-10-9-25-6-5-24-7-8-26-11-12-28-16(3)18(20)13-21-17(4)22/h15-16,18H,5-14H2,1-4H3,(H,21,22). The van der Waals surface area contributed by atoms with Crippen LogP contribution in [0.25, 0.3) is 0 Å². The van der Waals surface area contributed by atoms with E-state index >= 15 is 0 Å². The van der Waals surface area contributed by atoms with E-state index < -0.39 is 12.3 Å². The lowest BCUT2D eigenvalue weighted by atomic mass is 10.1. The molecule has 0 fully saturated rings. The van der Waals surface area contributed by atoms with E-state index in [1.807, 2.05) is 13.8 Å². The summed E-state index contributed by atoms with van der Waals surface area (Å²) < 4.78 is 40.1. The summed E-state index contributed by atoms with van der Waals surface area (Å²) in [5.41, 5.74) is 0. The van der Waals surface area contributed by atoms with Gasteiger partial charge in [-0.15, -0.1) is 0 Å². The molecule has 0 rings (SSSR count). The van der Waals surface area contributed by atoms with E-state index in [0.29, 0.717) is 46.2 Å². The van der Waals surface area contributed by atoms with Gasteiger partial charge in [0.2, 0.25) is 5.91 Å². The second-order valence-corrected chi connectivity index (χ2v) is 6.54. The van der Waals surface area contributed by atoms with Crippen LogP contribution >= 0.6 is 0 Å². The molecule has 0 radical (unpaired) electrons. The van der Waals surface area contributed by atoms with Crippen LogP contribution in [0.4, 0.5) is 4.39 Å². The molecule has 0 bridgehead atoms. The van der Waals surface area contributed by atoms with Crippen LogP contribution in [0.3, 0.4) is 0 Å². The third-order valence-corrected chi connectivity index (χ3v) is 3.67. The number of hydrogen-bond acceptors (Lipinski definition) is 7. The first-order chi connectivity index (χ1) is 13.3. The molecule has 0 aliphatic carbocycles. The van der Waals surface area contributed by atoms with Gasteiger partial charge in [-0.2, -0.15) is 0 Å². The monoisotopic (exact) mass is 409 g/mol. The third kappa shape index (κ3) is 17.0. The Morgan fingerprint density at radius 2 is 1.29 bits per heavy atom. The van der Waals surface area contributed by atoms with Crippen LogP contribution in [0.1, 0.15) is 27.7 Å². The fourth-order valence-corrected chi connectivity index (χ4v) is 1.80. The van der Waals surface area contributed by atoms with E-state index in [1.54, 1.807) is 6.92 Å². The first-order valence-corrected chi connectivity index (χ1v) is 9.68. The van der Waals surface area contributed by atoms with E-state index in [-0.39, 0.29) is 37.4 Å². The minimum Gasteiger partial charge on any atom is -0.377 e. The number of rotatable bonds is 19. The molecule has 0 saturated heterocycles. The second kappa shape index (κ2) is 17.9. The highest BCUT2D eigenvalue weighted by Gasteiger charge is 2.16. The van der Waals surface area contributed by atoms with Crippen LogP contribution in [0.5, 0.6) is 0 Å². The zero-order chi connectivity index (χ0) is 21.2. The van der Waals surface area contributed by atoms with Gasteiger partial charge in [0.1, 0.15) is 12.8 Å². The zero-order valence-corrected chi connectivity index (χ0v) is 17.5. The van der Waals surface area contributed by atoms with Crippen LogP contribution in [-0.2, 0) is 33.3 Å². The van der Waals surface area contributed by atoms with Crippen LogP contribution in [-0.4, -0.2) is 90.0 Å². The number of carbonyl (C=O) groups excluding carboxylic acids is 2. The van der Waals surface area contributed by atoms with Crippen molar-refractivity contribution in [1.29, 1.82) is 0 Å². The minimum atomic E-state index is -1.26. The summed E-state index contributed by atoms with van der Waals surface area (Å²) >= 11 is 0. The number of halogens is 1. The summed E-state index contributed by atoms with van der Waals surface area (Å²) in [4.78, 5) is 22.0. The van der Waals surface area contributed by atoms with Gasteiger partial charge < -0.3 is 29.0 Å². The lowest BCUT2D eigenvalue weighted by Crippen LogP contribution is -2.35. The molecule has 1 N–H and O–H groups in total. The molecule has 0 aromatic rings. The van der Waals surface area contributed by atoms with E-state index in [1.165, 1.54) is 6.92 Å². The quantitative estimate of drug-likeness (QED) is 0.320. The second-order valence-electron chi connectivity index (χ2n) is 6.54. The Hall–Kier alpha value is -1.13. The van der Waals surface area contributed by atoms with E-state index in [4.69, 9.17) is 23.7 Å². The molecule has 28 heavy (non-hydrogen) atoms. The lowest BCUT2D eigenvalue weighted by molar-refractivity contribution is -0.127. The summed E-state index contributed by atoms with van der Waals surface area (Å²) in [5, 5.41) is 2.41. The van der Waals surface area contributed by atoms with Crippen LogP contribution in [0.15, 0.2) is 0 Å². The summed E-state index contributed by atoms with van der Waals surface area (Å²) in [5.74, 6) is -0.199. The number of alkyl halides is 1. The first kappa shape index (κ1) is 26.9.